The van der Waals surface area contributed by atoms with E-state index in [1.54, 1.807) is 25.3 Å². The van der Waals surface area contributed by atoms with E-state index in [9.17, 15) is 14.9 Å². The molecule has 110 valence electrons. The minimum absolute atomic E-state index is 0.0158. The van der Waals surface area contributed by atoms with Gasteiger partial charge >= 0.3 is 0 Å². The van der Waals surface area contributed by atoms with Gasteiger partial charge in [-0.15, -0.1) is 0 Å². The van der Waals surface area contributed by atoms with Gasteiger partial charge in [-0.1, -0.05) is 30.3 Å². The van der Waals surface area contributed by atoms with Gasteiger partial charge in [0.05, 0.1) is 4.92 Å². The average molecular weight is 294 g/mol. The number of benzene rings is 2. The van der Waals surface area contributed by atoms with Gasteiger partial charge in [-0.2, -0.15) is 0 Å². The van der Waals surface area contributed by atoms with Gasteiger partial charge in [-0.05, 0) is 24.6 Å². The standard InChI is InChI=1S/C17H14N2O3/c1-12(20)17(13-5-3-2-4-6-13)18-10-9-14-11-15(19(21)22)7-8-16(14)18/h2-11,17H,1H3/t17-/m1/s1. The summed E-state index contributed by atoms with van der Waals surface area (Å²) in [6, 6.07) is 15.5. The van der Waals surface area contributed by atoms with Crippen molar-refractivity contribution in [2.45, 2.75) is 13.0 Å². The summed E-state index contributed by atoms with van der Waals surface area (Å²) in [7, 11) is 0. The molecule has 0 spiro atoms. The van der Waals surface area contributed by atoms with Crippen molar-refractivity contribution in [1.29, 1.82) is 0 Å². The Labute approximate surface area is 126 Å². The second kappa shape index (κ2) is 5.44. The molecule has 0 aliphatic carbocycles. The fourth-order valence-corrected chi connectivity index (χ4v) is 2.72. The van der Waals surface area contributed by atoms with Crippen molar-refractivity contribution in [3.8, 4) is 0 Å². The number of carbonyl (C=O) groups is 1. The van der Waals surface area contributed by atoms with E-state index in [0.29, 0.717) is 0 Å². The predicted octanol–water partition coefficient (Wildman–Crippen LogP) is 3.73. The third-order valence-electron chi connectivity index (χ3n) is 3.69. The largest absolute Gasteiger partial charge is 0.333 e. The van der Waals surface area contributed by atoms with Gasteiger partial charge in [-0.3, -0.25) is 14.9 Å². The molecule has 1 heterocycles. The van der Waals surface area contributed by atoms with Crippen molar-refractivity contribution >= 4 is 22.4 Å². The van der Waals surface area contributed by atoms with E-state index in [-0.39, 0.29) is 11.5 Å². The number of hydrogen-bond donors (Lipinski definition) is 0. The number of nitro benzene ring substituents is 1. The minimum atomic E-state index is -0.430. The first-order chi connectivity index (χ1) is 10.6. The molecule has 5 heteroatoms. The number of non-ortho nitro benzene ring substituents is 1. The van der Waals surface area contributed by atoms with Crippen LogP contribution in [0, 0.1) is 10.1 Å². The Balaban J connectivity index is 2.15. The van der Waals surface area contributed by atoms with E-state index in [1.165, 1.54) is 12.1 Å². The maximum atomic E-state index is 12.1. The number of fused-ring (bicyclic) bond motifs is 1. The summed E-state index contributed by atoms with van der Waals surface area (Å²) in [5.41, 5.74) is 1.74. The van der Waals surface area contributed by atoms with Crippen LogP contribution in [0.3, 0.4) is 0 Å². The van der Waals surface area contributed by atoms with E-state index < -0.39 is 11.0 Å². The van der Waals surface area contributed by atoms with Crippen LogP contribution in [0.1, 0.15) is 18.5 Å². The number of rotatable bonds is 4. The van der Waals surface area contributed by atoms with Crippen LogP contribution in [0.2, 0.25) is 0 Å². The first-order valence-electron chi connectivity index (χ1n) is 6.88. The first kappa shape index (κ1) is 14.0. The van der Waals surface area contributed by atoms with Crippen molar-refractivity contribution in [2.75, 3.05) is 0 Å². The Morgan fingerprint density at radius 1 is 1.14 bits per heavy atom. The zero-order valence-corrected chi connectivity index (χ0v) is 12.0. The summed E-state index contributed by atoms with van der Waals surface area (Å²) in [5.74, 6) is 0.0158. The molecule has 0 saturated carbocycles. The molecule has 3 rings (SSSR count). The van der Waals surface area contributed by atoms with Gasteiger partial charge in [0.25, 0.3) is 5.69 Å². The Morgan fingerprint density at radius 3 is 2.50 bits per heavy atom. The highest BCUT2D eigenvalue weighted by molar-refractivity contribution is 5.88. The van der Waals surface area contributed by atoms with Gasteiger partial charge in [-0.25, -0.2) is 0 Å². The fraction of sp³-hybridized carbons (Fsp3) is 0.118. The molecule has 1 aromatic heterocycles. The fourth-order valence-electron chi connectivity index (χ4n) is 2.72. The second-order valence-corrected chi connectivity index (χ2v) is 5.15. The Hall–Kier alpha value is -2.95. The smallest absolute Gasteiger partial charge is 0.270 e. The van der Waals surface area contributed by atoms with Gasteiger partial charge < -0.3 is 4.57 Å². The van der Waals surface area contributed by atoms with Crippen LogP contribution in [0.25, 0.3) is 10.9 Å². The van der Waals surface area contributed by atoms with E-state index in [4.69, 9.17) is 0 Å². The van der Waals surface area contributed by atoms with Crippen molar-refractivity contribution in [2.24, 2.45) is 0 Å². The van der Waals surface area contributed by atoms with E-state index in [0.717, 1.165) is 16.5 Å². The topological polar surface area (TPSA) is 65.1 Å². The summed E-state index contributed by atoms with van der Waals surface area (Å²) < 4.78 is 1.86. The lowest BCUT2D eigenvalue weighted by atomic mass is 10.0. The molecule has 0 bridgehead atoms. The highest BCUT2D eigenvalue weighted by Crippen LogP contribution is 2.28. The monoisotopic (exact) mass is 294 g/mol. The van der Waals surface area contributed by atoms with Gasteiger partial charge in [0, 0.05) is 29.2 Å². The molecule has 5 nitrogen and oxygen atoms in total. The van der Waals surface area contributed by atoms with Crippen molar-refractivity contribution in [1.82, 2.24) is 4.57 Å². The molecule has 3 aromatic rings. The van der Waals surface area contributed by atoms with Gasteiger partial charge in [0.15, 0.2) is 5.78 Å². The number of Topliss-reactive ketones (excluding diaryl/α,β-unsaturated/α-hetero) is 1. The third kappa shape index (κ3) is 2.37. The van der Waals surface area contributed by atoms with Gasteiger partial charge in [0.2, 0.25) is 0 Å². The summed E-state index contributed by atoms with van der Waals surface area (Å²) in [4.78, 5) is 22.6. The Bertz CT molecular complexity index is 853. The zero-order chi connectivity index (χ0) is 15.7. The maximum Gasteiger partial charge on any atom is 0.270 e. The summed E-state index contributed by atoms with van der Waals surface area (Å²) >= 11 is 0. The van der Waals surface area contributed by atoms with Crippen LogP contribution in [0.15, 0.2) is 60.8 Å². The average Bonchev–Trinajstić information content (AvgIpc) is 2.91. The lowest BCUT2D eigenvalue weighted by Gasteiger charge is -2.17. The molecule has 1 atom stereocenters. The van der Waals surface area contributed by atoms with Crippen LogP contribution in [0.4, 0.5) is 5.69 Å². The number of hydrogen-bond acceptors (Lipinski definition) is 3. The molecule has 22 heavy (non-hydrogen) atoms. The van der Waals surface area contributed by atoms with Crippen molar-refractivity contribution < 1.29 is 9.72 Å². The number of nitrogens with zero attached hydrogens (tertiary/aromatic N) is 2. The van der Waals surface area contributed by atoms with E-state index >= 15 is 0 Å². The maximum absolute atomic E-state index is 12.1. The number of ketones is 1. The van der Waals surface area contributed by atoms with E-state index in [2.05, 4.69) is 0 Å². The molecule has 0 aliphatic rings. The van der Waals surface area contributed by atoms with E-state index in [1.807, 2.05) is 34.9 Å². The number of nitro groups is 1. The molecular formula is C17H14N2O3. The lowest BCUT2D eigenvalue weighted by Crippen LogP contribution is -2.17. The number of aromatic nitrogens is 1. The predicted molar refractivity (Wildman–Crippen MR) is 83.9 cm³/mol. The highest BCUT2D eigenvalue weighted by Gasteiger charge is 2.20. The molecule has 0 N–H and O–H groups in total. The van der Waals surface area contributed by atoms with Crippen molar-refractivity contribution in [3.05, 3.63) is 76.5 Å². The molecular weight excluding hydrogens is 280 g/mol. The Morgan fingerprint density at radius 2 is 1.86 bits per heavy atom. The summed E-state index contributed by atoms with van der Waals surface area (Å²) in [5, 5.41) is 11.6. The minimum Gasteiger partial charge on any atom is -0.333 e. The quantitative estimate of drug-likeness (QED) is 0.544. The normalized spacial score (nSPS) is 12.2. The van der Waals surface area contributed by atoms with Crippen LogP contribution in [-0.2, 0) is 4.79 Å². The second-order valence-electron chi connectivity index (χ2n) is 5.15. The molecule has 0 aliphatic heterocycles. The molecule has 2 aromatic carbocycles. The van der Waals surface area contributed by atoms with Crippen LogP contribution in [0.5, 0.6) is 0 Å². The molecule has 0 amide bonds. The third-order valence-corrected chi connectivity index (χ3v) is 3.69. The number of carbonyl (C=O) groups excluding carboxylic acids is 1. The van der Waals surface area contributed by atoms with Gasteiger partial charge in [0.1, 0.15) is 6.04 Å². The molecule has 0 saturated heterocycles. The molecule has 0 fully saturated rings. The SMILES string of the molecule is CC(=O)[C@H](c1ccccc1)n1ccc2cc([N+](=O)[O-])ccc21. The summed E-state index contributed by atoms with van der Waals surface area (Å²) in [6.07, 6.45) is 1.80. The lowest BCUT2D eigenvalue weighted by molar-refractivity contribution is -0.384. The van der Waals surface area contributed by atoms with Crippen LogP contribution < -0.4 is 0 Å². The first-order valence-corrected chi connectivity index (χ1v) is 6.88. The molecule has 0 radical (unpaired) electrons. The van der Waals surface area contributed by atoms with Crippen LogP contribution >= 0.6 is 0 Å². The highest BCUT2D eigenvalue weighted by atomic mass is 16.6. The molecule has 0 unspecified atom stereocenters. The Kier molecular flexibility index (Phi) is 3.47. The zero-order valence-electron chi connectivity index (χ0n) is 12.0. The van der Waals surface area contributed by atoms with Crippen molar-refractivity contribution in [3.63, 3.8) is 0 Å². The summed E-state index contributed by atoms with van der Waals surface area (Å²) in [6.45, 7) is 1.55. The van der Waals surface area contributed by atoms with Crippen LogP contribution in [-0.4, -0.2) is 15.3 Å².